The minimum absolute atomic E-state index is 0.653. The van der Waals surface area contributed by atoms with E-state index in [4.69, 9.17) is 9.97 Å². The zero-order chi connectivity index (χ0) is 18.9. The van der Waals surface area contributed by atoms with Crippen molar-refractivity contribution in [2.24, 2.45) is 0 Å². The summed E-state index contributed by atoms with van der Waals surface area (Å²) in [6.45, 7) is 7.04. The Hall–Kier alpha value is -2.95. The van der Waals surface area contributed by atoms with Crippen molar-refractivity contribution in [1.29, 1.82) is 0 Å². The van der Waals surface area contributed by atoms with Crippen LogP contribution in [0.2, 0.25) is 0 Å². The summed E-state index contributed by atoms with van der Waals surface area (Å²) in [6, 6.07) is 16.4. The van der Waals surface area contributed by atoms with Gasteiger partial charge in [0.05, 0.1) is 5.69 Å². The van der Waals surface area contributed by atoms with Crippen LogP contribution in [-0.2, 0) is 6.54 Å². The summed E-state index contributed by atoms with van der Waals surface area (Å²) in [6.07, 6.45) is 5.77. The summed E-state index contributed by atoms with van der Waals surface area (Å²) in [5.74, 6) is 1.63. The van der Waals surface area contributed by atoms with Crippen LogP contribution in [0.3, 0.4) is 0 Å². The third-order valence-electron chi connectivity index (χ3n) is 4.29. The molecule has 140 valence electrons. The fourth-order valence-corrected chi connectivity index (χ4v) is 2.99. The molecule has 0 aliphatic carbocycles. The molecule has 0 fully saturated rings. The predicted octanol–water partition coefficient (Wildman–Crippen LogP) is 4.78. The van der Waals surface area contributed by atoms with Gasteiger partial charge in [-0.2, -0.15) is 4.98 Å². The molecule has 0 amide bonds. The number of nitrogens with zero attached hydrogens (tertiary/aromatic N) is 4. The minimum atomic E-state index is 0.653. The van der Waals surface area contributed by atoms with Gasteiger partial charge in [-0.25, -0.2) is 4.98 Å². The van der Waals surface area contributed by atoms with E-state index in [1.807, 2.05) is 30.3 Å². The van der Waals surface area contributed by atoms with Crippen LogP contribution in [0.25, 0.3) is 11.3 Å². The highest BCUT2D eigenvalue weighted by Crippen LogP contribution is 2.24. The molecule has 1 N–H and O–H groups in total. The molecule has 0 radical (unpaired) electrons. The Morgan fingerprint density at radius 1 is 0.889 bits per heavy atom. The monoisotopic (exact) mass is 361 g/mol. The second-order valence-corrected chi connectivity index (χ2v) is 6.50. The molecule has 1 aromatic carbocycles. The second kappa shape index (κ2) is 9.67. The quantitative estimate of drug-likeness (QED) is 0.594. The van der Waals surface area contributed by atoms with E-state index in [1.54, 1.807) is 12.4 Å². The molecule has 2 heterocycles. The summed E-state index contributed by atoms with van der Waals surface area (Å²) in [7, 11) is 0. The van der Waals surface area contributed by atoms with Crippen LogP contribution in [0.5, 0.6) is 0 Å². The van der Waals surface area contributed by atoms with E-state index in [1.165, 1.54) is 0 Å². The molecule has 0 aliphatic heterocycles. The van der Waals surface area contributed by atoms with E-state index in [9.17, 15) is 0 Å². The van der Waals surface area contributed by atoms with Crippen molar-refractivity contribution in [3.8, 4) is 11.3 Å². The number of nitrogens with one attached hydrogen (secondary N) is 1. The number of aromatic nitrogens is 3. The molecule has 5 heteroatoms. The van der Waals surface area contributed by atoms with Crippen molar-refractivity contribution in [2.45, 2.75) is 33.2 Å². The first-order chi connectivity index (χ1) is 13.3. The third-order valence-corrected chi connectivity index (χ3v) is 4.29. The molecular formula is C22H27N5. The number of rotatable bonds is 9. The Bertz CT molecular complexity index is 815. The molecule has 0 bridgehead atoms. The lowest BCUT2D eigenvalue weighted by Crippen LogP contribution is -2.26. The van der Waals surface area contributed by atoms with Crippen molar-refractivity contribution < 1.29 is 0 Å². The van der Waals surface area contributed by atoms with Crippen molar-refractivity contribution in [3.05, 3.63) is 66.5 Å². The van der Waals surface area contributed by atoms with Gasteiger partial charge in [0.25, 0.3) is 0 Å². The zero-order valence-electron chi connectivity index (χ0n) is 16.1. The van der Waals surface area contributed by atoms with E-state index in [-0.39, 0.29) is 0 Å². The summed E-state index contributed by atoms with van der Waals surface area (Å²) in [5.41, 5.74) is 3.19. The third kappa shape index (κ3) is 5.26. The van der Waals surface area contributed by atoms with Crippen LogP contribution in [-0.4, -0.2) is 28.0 Å². The predicted molar refractivity (Wildman–Crippen MR) is 112 cm³/mol. The first-order valence-corrected chi connectivity index (χ1v) is 9.62. The standard InChI is InChI=1S/C22H27N5/c1-3-14-27(15-4-2)21-16-20(19-8-6-5-7-9-19)25-22(26-21)24-17-18-10-12-23-13-11-18/h5-13,16H,3-4,14-15,17H2,1-2H3,(H,24,25,26). The Morgan fingerprint density at radius 3 is 2.26 bits per heavy atom. The summed E-state index contributed by atoms with van der Waals surface area (Å²) >= 11 is 0. The molecule has 5 nitrogen and oxygen atoms in total. The average molecular weight is 361 g/mol. The van der Waals surface area contributed by atoms with Crippen molar-refractivity contribution in [2.75, 3.05) is 23.3 Å². The molecule has 0 saturated carbocycles. The van der Waals surface area contributed by atoms with Crippen LogP contribution >= 0.6 is 0 Å². The number of hydrogen-bond acceptors (Lipinski definition) is 5. The number of anilines is 2. The topological polar surface area (TPSA) is 53.9 Å². The van der Waals surface area contributed by atoms with E-state index in [0.29, 0.717) is 12.5 Å². The highest BCUT2D eigenvalue weighted by molar-refractivity contribution is 5.64. The highest BCUT2D eigenvalue weighted by atomic mass is 15.2. The van der Waals surface area contributed by atoms with Gasteiger partial charge in [-0.1, -0.05) is 44.2 Å². The summed E-state index contributed by atoms with van der Waals surface area (Å²) in [4.78, 5) is 16.0. The Kier molecular flexibility index (Phi) is 6.74. The number of hydrogen-bond donors (Lipinski definition) is 1. The first kappa shape index (κ1) is 18.8. The maximum Gasteiger partial charge on any atom is 0.225 e. The Balaban J connectivity index is 1.92. The molecule has 0 atom stereocenters. The van der Waals surface area contributed by atoms with Crippen LogP contribution in [0.15, 0.2) is 60.9 Å². The fourth-order valence-electron chi connectivity index (χ4n) is 2.99. The van der Waals surface area contributed by atoms with Gasteiger partial charge in [0.15, 0.2) is 0 Å². The van der Waals surface area contributed by atoms with Crippen LogP contribution in [0, 0.1) is 0 Å². The lowest BCUT2D eigenvalue weighted by Gasteiger charge is -2.23. The van der Waals surface area contributed by atoms with Crippen molar-refractivity contribution in [3.63, 3.8) is 0 Å². The lowest BCUT2D eigenvalue weighted by molar-refractivity contribution is 0.733. The van der Waals surface area contributed by atoms with Crippen molar-refractivity contribution in [1.82, 2.24) is 15.0 Å². The minimum Gasteiger partial charge on any atom is -0.356 e. The molecule has 0 aliphatic rings. The maximum absolute atomic E-state index is 4.80. The Morgan fingerprint density at radius 2 is 1.59 bits per heavy atom. The summed E-state index contributed by atoms with van der Waals surface area (Å²) in [5, 5.41) is 3.37. The van der Waals surface area contributed by atoms with Gasteiger partial charge in [0.1, 0.15) is 5.82 Å². The maximum atomic E-state index is 4.80. The molecule has 0 unspecified atom stereocenters. The van der Waals surface area contributed by atoms with E-state index < -0.39 is 0 Å². The normalized spacial score (nSPS) is 10.6. The van der Waals surface area contributed by atoms with Gasteiger partial charge in [-0.3, -0.25) is 4.98 Å². The van der Waals surface area contributed by atoms with Gasteiger partial charge in [0, 0.05) is 43.7 Å². The van der Waals surface area contributed by atoms with E-state index in [0.717, 1.165) is 48.6 Å². The smallest absolute Gasteiger partial charge is 0.225 e. The average Bonchev–Trinajstić information content (AvgIpc) is 2.73. The van der Waals surface area contributed by atoms with Gasteiger partial charge in [-0.05, 0) is 30.5 Å². The van der Waals surface area contributed by atoms with E-state index >= 15 is 0 Å². The molecule has 0 spiro atoms. The number of benzene rings is 1. The van der Waals surface area contributed by atoms with Crippen LogP contribution in [0.1, 0.15) is 32.3 Å². The highest BCUT2D eigenvalue weighted by Gasteiger charge is 2.12. The SMILES string of the molecule is CCCN(CCC)c1cc(-c2ccccc2)nc(NCc2ccncc2)n1. The van der Waals surface area contributed by atoms with Crippen molar-refractivity contribution >= 4 is 11.8 Å². The largest absolute Gasteiger partial charge is 0.356 e. The summed E-state index contributed by atoms with van der Waals surface area (Å²) < 4.78 is 0. The van der Waals surface area contributed by atoms with Crippen LogP contribution in [0.4, 0.5) is 11.8 Å². The molecule has 3 rings (SSSR count). The van der Waals surface area contributed by atoms with Gasteiger partial charge in [0.2, 0.25) is 5.95 Å². The van der Waals surface area contributed by atoms with Crippen LogP contribution < -0.4 is 10.2 Å². The Labute approximate surface area is 161 Å². The van der Waals surface area contributed by atoms with Gasteiger partial charge < -0.3 is 10.2 Å². The fraction of sp³-hybridized carbons (Fsp3) is 0.318. The zero-order valence-corrected chi connectivity index (χ0v) is 16.1. The number of pyridine rings is 1. The first-order valence-electron chi connectivity index (χ1n) is 9.62. The van der Waals surface area contributed by atoms with E-state index in [2.05, 4.69) is 47.2 Å². The van der Waals surface area contributed by atoms with Gasteiger partial charge >= 0.3 is 0 Å². The molecule has 27 heavy (non-hydrogen) atoms. The molecule has 0 saturated heterocycles. The second-order valence-electron chi connectivity index (χ2n) is 6.50. The molecule has 3 aromatic rings. The molecule has 2 aromatic heterocycles. The molecular weight excluding hydrogens is 334 g/mol. The lowest BCUT2D eigenvalue weighted by atomic mass is 10.1. The van der Waals surface area contributed by atoms with Gasteiger partial charge in [-0.15, -0.1) is 0 Å².